The minimum Gasteiger partial charge on any atom is -0.370 e. The van der Waals surface area contributed by atoms with Crippen LogP contribution in [0.15, 0.2) is 30.3 Å². The summed E-state index contributed by atoms with van der Waals surface area (Å²) < 4.78 is 0. The van der Waals surface area contributed by atoms with Gasteiger partial charge in [0.1, 0.15) is 17.5 Å². The molecule has 6 heteroatoms. The SMILES string of the molecule is CCN1CCN(c2cc(NCCc3cccc(Cl)c3)nc(C)n2)CC1. The van der Waals surface area contributed by atoms with Gasteiger partial charge in [-0.05, 0) is 37.6 Å². The number of aryl methyl sites for hydroxylation is 1. The molecule has 1 aromatic heterocycles. The van der Waals surface area contributed by atoms with Crippen LogP contribution in [-0.2, 0) is 6.42 Å². The monoisotopic (exact) mass is 359 g/mol. The van der Waals surface area contributed by atoms with Crippen LogP contribution in [0.2, 0.25) is 5.02 Å². The number of hydrogen-bond acceptors (Lipinski definition) is 5. The second-order valence-electron chi connectivity index (χ2n) is 6.39. The van der Waals surface area contributed by atoms with Gasteiger partial charge in [0, 0.05) is 43.8 Å². The first-order chi connectivity index (χ1) is 12.1. The van der Waals surface area contributed by atoms with E-state index in [9.17, 15) is 0 Å². The van der Waals surface area contributed by atoms with Crippen molar-refractivity contribution in [1.29, 1.82) is 0 Å². The van der Waals surface area contributed by atoms with Crippen molar-refractivity contribution in [3.05, 3.63) is 46.7 Å². The molecule has 0 radical (unpaired) electrons. The highest BCUT2D eigenvalue weighted by molar-refractivity contribution is 6.30. The van der Waals surface area contributed by atoms with Gasteiger partial charge >= 0.3 is 0 Å². The van der Waals surface area contributed by atoms with Gasteiger partial charge < -0.3 is 15.1 Å². The number of benzene rings is 1. The first kappa shape index (κ1) is 18.0. The zero-order chi connectivity index (χ0) is 17.6. The third-order valence-electron chi connectivity index (χ3n) is 4.58. The molecule has 1 aliphatic heterocycles. The number of anilines is 2. The van der Waals surface area contributed by atoms with E-state index in [0.29, 0.717) is 0 Å². The van der Waals surface area contributed by atoms with Gasteiger partial charge in [-0.2, -0.15) is 0 Å². The van der Waals surface area contributed by atoms with Crippen molar-refractivity contribution in [1.82, 2.24) is 14.9 Å². The van der Waals surface area contributed by atoms with E-state index in [0.717, 1.165) is 68.2 Å². The average Bonchev–Trinajstić information content (AvgIpc) is 2.61. The molecule has 1 aliphatic rings. The Morgan fingerprint density at radius 3 is 2.64 bits per heavy atom. The largest absolute Gasteiger partial charge is 0.370 e. The predicted octanol–water partition coefficient (Wildman–Crippen LogP) is 3.23. The van der Waals surface area contributed by atoms with Crippen LogP contribution in [0.4, 0.5) is 11.6 Å². The Morgan fingerprint density at radius 2 is 1.92 bits per heavy atom. The number of nitrogens with one attached hydrogen (secondary N) is 1. The van der Waals surface area contributed by atoms with Crippen LogP contribution in [0.3, 0.4) is 0 Å². The Hall–Kier alpha value is -1.85. The van der Waals surface area contributed by atoms with Gasteiger partial charge in [-0.1, -0.05) is 30.7 Å². The maximum Gasteiger partial charge on any atom is 0.134 e. The third-order valence-corrected chi connectivity index (χ3v) is 4.81. The summed E-state index contributed by atoms with van der Waals surface area (Å²) in [6.45, 7) is 10.3. The summed E-state index contributed by atoms with van der Waals surface area (Å²) >= 11 is 6.04. The lowest BCUT2D eigenvalue weighted by Gasteiger charge is -2.34. The summed E-state index contributed by atoms with van der Waals surface area (Å²) in [5, 5.41) is 4.20. The Labute approximate surface area is 155 Å². The van der Waals surface area contributed by atoms with Crippen LogP contribution in [0.5, 0.6) is 0 Å². The summed E-state index contributed by atoms with van der Waals surface area (Å²) in [7, 11) is 0. The summed E-state index contributed by atoms with van der Waals surface area (Å²) in [4.78, 5) is 14.0. The minimum absolute atomic E-state index is 0.781. The van der Waals surface area contributed by atoms with Gasteiger partial charge in [0.15, 0.2) is 0 Å². The van der Waals surface area contributed by atoms with E-state index in [1.165, 1.54) is 5.56 Å². The molecule has 0 spiro atoms. The van der Waals surface area contributed by atoms with Crippen LogP contribution in [0.1, 0.15) is 18.3 Å². The van der Waals surface area contributed by atoms with Crippen LogP contribution in [0, 0.1) is 6.92 Å². The molecular formula is C19H26ClN5. The molecule has 1 fully saturated rings. The van der Waals surface area contributed by atoms with E-state index in [2.05, 4.69) is 44.1 Å². The van der Waals surface area contributed by atoms with Crippen molar-refractivity contribution in [2.45, 2.75) is 20.3 Å². The van der Waals surface area contributed by atoms with E-state index in [4.69, 9.17) is 11.6 Å². The third kappa shape index (κ3) is 5.06. The zero-order valence-electron chi connectivity index (χ0n) is 15.0. The standard InChI is InChI=1S/C19H26ClN5/c1-3-24-9-11-25(12-10-24)19-14-18(22-15(2)23-19)21-8-7-16-5-4-6-17(20)13-16/h4-6,13-14H,3,7-12H2,1-2H3,(H,21,22,23). The van der Waals surface area contributed by atoms with Gasteiger partial charge in [-0.25, -0.2) is 9.97 Å². The van der Waals surface area contributed by atoms with E-state index >= 15 is 0 Å². The normalized spacial score (nSPS) is 15.4. The number of hydrogen-bond donors (Lipinski definition) is 1. The molecule has 1 N–H and O–H groups in total. The molecule has 0 atom stereocenters. The van der Waals surface area contributed by atoms with Crippen LogP contribution >= 0.6 is 11.6 Å². The molecule has 1 saturated heterocycles. The molecule has 0 unspecified atom stereocenters. The van der Waals surface area contributed by atoms with Crippen LogP contribution in [0.25, 0.3) is 0 Å². The van der Waals surface area contributed by atoms with Gasteiger partial charge in [0.2, 0.25) is 0 Å². The number of aromatic nitrogens is 2. The molecule has 134 valence electrons. The molecular weight excluding hydrogens is 334 g/mol. The van der Waals surface area contributed by atoms with Gasteiger partial charge in [0.25, 0.3) is 0 Å². The van der Waals surface area contributed by atoms with Crippen molar-refractivity contribution in [2.75, 3.05) is 49.5 Å². The van der Waals surface area contributed by atoms with Crippen molar-refractivity contribution in [3.8, 4) is 0 Å². The number of halogens is 1. The quantitative estimate of drug-likeness (QED) is 0.857. The van der Waals surface area contributed by atoms with Crippen molar-refractivity contribution >= 4 is 23.2 Å². The number of likely N-dealkylation sites (N-methyl/N-ethyl adjacent to an activating group) is 1. The molecule has 5 nitrogen and oxygen atoms in total. The molecule has 2 aromatic rings. The van der Waals surface area contributed by atoms with E-state index in [-0.39, 0.29) is 0 Å². The first-order valence-electron chi connectivity index (χ1n) is 8.95. The van der Waals surface area contributed by atoms with E-state index in [1.54, 1.807) is 0 Å². The zero-order valence-corrected chi connectivity index (χ0v) is 15.8. The highest BCUT2D eigenvalue weighted by atomic mass is 35.5. The molecule has 1 aromatic carbocycles. The second-order valence-corrected chi connectivity index (χ2v) is 6.82. The second kappa shape index (κ2) is 8.50. The van der Waals surface area contributed by atoms with Gasteiger partial charge in [-0.15, -0.1) is 0 Å². The van der Waals surface area contributed by atoms with Crippen molar-refractivity contribution < 1.29 is 0 Å². The fourth-order valence-electron chi connectivity index (χ4n) is 3.13. The molecule has 2 heterocycles. The summed E-state index contributed by atoms with van der Waals surface area (Å²) in [5.74, 6) is 2.72. The summed E-state index contributed by atoms with van der Waals surface area (Å²) in [6, 6.07) is 10.1. The molecule has 0 aliphatic carbocycles. The molecule has 0 saturated carbocycles. The topological polar surface area (TPSA) is 44.3 Å². The maximum absolute atomic E-state index is 6.04. The summed E-state index contributed by atoms with van der Waals surface area (Å²) in [5.41, 5.74) is 1.22. The van der Waals surface area contributed by atoms with E-state index < -0.39 is 0 Å². The Morgan fingerprint density at radius 1 is 1.12 bits per heavy atom. The molecule has 3 rings (SSSR count). The van der Waals surface area contributed by atoms with Crippen molar-refractivity contribution in [3.63, 3.8) is 0 Å². The maximum atomic E-state index is 6.04. The van der Waals surface area contributed by atoms with E-state index in [1.807, 2.05) is 25.1 Å². The lowest BCUT2D eigenvalue weighted by molar-refractivity contribution is 0.270. The van der Waals surface area contributed by atoms with Crippen LogP contribution in [-0.4, -0.2) is 54.1 Å². The molecule has 25 heavy (non-hydrogen) atoms. The Bertz CT molecular complexity index is 698. The highest BCUT2D eigenvalue weighted by Gasteiger charge is 2.17. The lowest BCUT2D eigenvalue weighted by atomic mass is 10.1. The van der Waals surface area contributed by atoms with Gasteiger partial charge in [-0.3, -0.25) is 0 Å². The smallest absolute Gasteiger partial charge is 0.134 e. The highest BCUT2D eigenvalue weighted by Crippen LogP contribution is 2.18. The Balaban J connectivity index is 1.59. The number of rotatable bonds is 6. The lowest BCUT2D eigenvalue weighted by Crippen LogP contribution is -2.46. The first-order valence-corrected chi connectivity index (χ1v) is 9.33. The Kier molecular flexibility index (Phi) is 6.10. The molecule has 0 bridgehead atoms. The number of nitrogens with zero attached hydrogens (tertiary/aromatic N) is 4. The fourth-order valence-corrected chi connectivity index (χ4v) is 3.34. The predicted molar refractivity (Wildman–Crippen MR) is 105 cm³/mol. The summed E-state index contributed by atoms with van der Waals surface area (Å²) in [6.07, 6.45) is 0.911. The number of piperazine rings is 1. The molecule has 0 amide bonds. The average molecular weight is 360 g/mol. The van der Waals surface area contributed by atoms with Gasteiger partial charge in [0.05, 0.1) is 0 Å². The van der Waals surface area contributed by atoms with Crippen molar-refractivity contribution in [2.24, 2.45) is 0 Å². The van der Waals surface area contributed by atoms with Crippen LogP contribution < -0.4 is 10.2 Å². The minimum atomic E-state index is 0.781. The fraction of sp³-hybridized carbons (Fsp3) is 0.474.